The lowest BCUT2D eigenvalue weighted by Crippen LogP contribution is -2.46. The summed E-state index contributed by atoms with van der Waals surface area (Å²) < 4.78 is 4.86. The Balaban J connectivity index is 1.83. The number of urea groups is 1. The molecule has 0 aliphatic carbocycles. The van der Waals surface area contributed by atoms with Gasteiger partial charge in [0.15, 0.2) is 6.61 Å². The molecule has 29 heavy (non-hydrogen) atoms. The molecule has 0 atom stereocenters. The number of esters is 1. The Hall–Kier alpha value is -3.43. The first-order valence-electron chi connectivity index (χ1n) is 9.18. The molecule has 1 heterocycles. The number of rotatable bonds is 8. The first-order chi connectivity index (χ1) is 13.7. The summed E-state index contributed by atoms with van der Waals surface area (Å²) in [5.74, 6) is -2.14. The molecule has 1 aliphatic heterocycles. The number of anilines is 2. The van der Waals surface area contributed by atoms with Gasteiger partial charge in [-0.1, -0.05) is 13.8 Å². The molecule has 10 nitrogen and oxygen atoms in total. The van der Waals surface area contributed by atoms with Crippen molar-refractivity contribution in [1.29, 1.82) is 0 Å². The lowest BCUT2D eigenvalue weighted by atomic mass is 9.93. The normalized spacial score (nSPS) is 14.9. The van der Waals surface area contributed by atoms with E-state index in [4.69, 9.17) is 4.74 Å². The van der Waals surface area contributed by atoms with Gasteiger partial charge in [-0.15, -0.1) is 0 Å². The molecule has 0 unspecified atom stereocenters. The molecule has 1 fully saturated rings. The van der Waals surface area contributed by atoms with Crippen LogP contribution in [0, 0.1) is 0 Å². The van der Waals surface area contributed by atoms with Gasteiger partial charge in [0.25, 0.3) is 11.8 Å². The topological polar surface area (TPSA) is 134 Å². The van der Waals surface area contributed by atoms with E-state index in [1.54, 1.807) is 38.1 Å². The van der Waals surface area contributed by atoms with Crippen molar-refractivity contribution in [2.24, 2.45) is 0 Å². The zero-order valence-corrected chi connectivity index (χ0v) is 16.5. The number of nitrogens with one attached hydrogen (secondary N) is 3. The van der Waals surface area contributed by atoms with Crippen molar-refractivity contribution in [2.45, 2.75) is 39.2 Å². The summed E-state index contributed by atoms with van der Waals surface area (Å²) in [6.07, 6.45) is 0.811. The second-order valence-corrected chi connectivity index (χ2v) is 6.58. The second kappa shape index (κ2) is 9.18. The van der Waals surface area contributed by atoms with Gasteiger partial charge in [0, 0.05) is 18.3 Å². The SMILES string of the molecule is CCC1(CC)NC(=O)N(CC(=O)OCC(=O)Nc2ccc(NC(C)=O)cc2)C1=O. The quantitative estimate of drug-likeness (QED) is 0.441. The van der Waals surface area contributed by atoms with Crippen molar-refractivity contribution in [1.82, 2.24) is 10.2 Å². The number of imide groups is 1. The maximum atomic E-state index is 12.4. The Morgan fingerprint density at radius 3 is 2.07 bits per heavy atom. The van der Waals surface area contributed by atoms with Gasteiger partial charge >= 0.3 is 12.0 Å². The predicted molar refractivity (Wildman–Crippen MR) is 104 cm³/mol. The zero-order valence-electron chi connectivity index (χ0n) is 16.5. The van der Waals surface area contributed by atoms with Crippen LogP contribution in [0.5, 0.6) is 0 Å². The van der Waals surface area contributed by atoms with Crippen molar-refractivity contribution < 1.29 is 28.7 Å². The minimum absolute atomic E-state index is 0.214. The van der Waals surface area contributed by atoms with Crippen LogP contribution >= 0.6 is 0 Å². The maximum absolute atomic E-state index is 12.4. The first kappa shape index (κ1) is 21.9. The summed E-state index contributed by atoms with van der Waals surface area (Å²) in [7, 11) is 0. The average Bonchev–Trinajstić information content (AvgIpc) is 2.92. The Kier molecular flexibility index (Phi) is 6.92. The van der Waals surface area contributed by atoms with Gasteiger partial charge in [0.05, 0.1) is 0 Å². The summed E-state index contributed by atoms with van der Waals surface area (Å²) in [4.78, 5) is 60.1. The fourth-order valence-corrected chi connectivity index (χ4v) is 2.91. The minimum Gasteiger partial charge on any atom is -0.454 e. The van der Waals surface area contributed by atoms with E-state index in [1.807, 2.05) is 0 Å². The fourth-order valence-electron chi connectivity index (χ4n) is 2.91. The van der Waals surface area contributed by atoms with E-state index < -0.39 is 42.5 Å². The van der Waals surface area contributed by atoms with E-state index in [1.165, 1.54) is 6.92 Å². The fraction of sp³-hybridized carbons (Fsp3) is 0.421. The molecule has 0 radical (unpaired) electrons. The van der Waals surface area contributed by atoms with Crippen LogP contribution in [0.3, 0.4) is 0 Å². The van der Waals surface area contributed by atoms with Gasteiger partial charge in [-0.2, -0.15) is 0 Å². The molecule has 10 heteroatoms. The first-order valence-corrected chi connectivity index (χ1v) is 9.18. The Bertz CT molecular complexity index is 816. The number of carbonyl (C=O) groups is 5. The van der Waals surface area contributed by atoms with Crippen LogP contribution in [-0.4, -0.2) is 53.3 Å². The summed E-state index contributed by atoms with van der Waals surface area (Å²) >= 11 is 0. The van der Waals surface area contributed by atoms with Crippen LogP contribution in [0.2, 0.25) is 0 Å². The summed E-state index contributed by atoms with van der Waals surface area (Å²) in [6, 6.07) is 5.71. The van der Waals surface area contributed by atoms with Gasteiger partial charge in [-0.25, -0.2) is 4.79 Å². The Morgan fingerprint density at radius 1 is 1.03 bits per heavy atom. The number of amides is 5. The molecule has 0 spiro atoms. The Labute approximate surface area is 168 Å². The van der Waals surface area contributed by atoms with Crippen LogP contribution in [-0.2, 0) is 23.9 Å². The number of ether oxygens (including phenoxy) is 1. The van der Waals surface area contributed by atoms with Crippen molar-refractivity contribution in [2.75, 3.05) is 23.8 Å². The highest BCUT2D eigenvalue weighted by atomic mass is 16.5. The number of hydrogen-bond donors (Lipinski definition) is 3. The molecule has 156 valence electrons. The number of benzene rings is 1. The van der Waals surface area contributed by atoms with Crippen LogP contribution in [0.25, 0.3) is 0 Å². The number of carbonyl (C=O) groups excluding carboxylic acids is 5. The molecular weight excluding hydrogens is 380 g/mol. The van der Waals surface area contributed by atoms with E-state index in [9.17, 15) is 24.0 Å². The van der Waals surface area contributed by atoms with E-state index in [0.29, 0.717) is 24.2 Å². The standard InChI is InChI=1S/C19H24N4O6/c1-4-19(5-2)17(27)23(18(28)22-19)10-16(26)29-11-15(25)21-14-8-6-13(7-9-14)20-12(3)24/h6-9H,4-5,10-11H2,1-3H3,(H,20,24)(H,21,25)(H,22,28). The molecule has 0 bridgehead atoms. The minimum atomic E-state index is -1.00. The highest BCUT2D eigenvalue weighted by Crippen LogP contribution is 2.24. The van der Waals surface area contributed by atoms with E-state index >= 15 is 0 Å². The molecule has 0 aromatic heterocycles. The number of hydrogen-bond acceptors (Lipinski definition) is 6. The van der Waals surface area contributed by atoms with Crippen LogP contribution < -0.4 is 16.0 Å². The van der Waals surface area contributed by atoms with Gasteiger partial charge in [0.2, 0.25) is 5.91 Å². The van der Waals surface area contributed by atoms with Crippen molar-refractivity contribution in [3.8, 4) is 0 Å². The third kappa shape index (κ3) is 5.31. The molecule has 1 aromatic rings. The van der Waals surface area contributed by atoms with Gasteiger partial charge in [-0.05, 0) is 37.1 Å². The largest absolute Gasteiger partial charge is 0.454 e. The highest BCUT2D eigenvalue weighted by molar-refractivity contribution is 6.08. The van der Waals surface area contributed by atoms with Gasteiger partial charge in [-0.3, -0.25) is 24.1 Å². The summed E-state index contributed by atoms with van der Waals surface area (Å²) in [6.45, 7) is 3.80. The Morgan fingerprint density at radius 2 is 1.59 bits per heavy atom. The molecule has 5 amide bonds. The van der Waals surface area contributed by atoms with Crippen molar-refractivity contribution in [3.63, 3.8) is 0 Å². The second-order valence-electron chi connectivity index (χ2n) is 6.58. The number of nitrogens with zero attached hydrogens (tertiary/aromatic N) is 1. The molecule has 2 rings (SSSR count). The third-order valence-corrected chi connectivity index (χ3v) is 4.59. The maximum Gasteiger partial charge on any atom is 0.326 e. The highest BCUT2D eigenvalue weighted by Gasteiger charge is 2.49. The van der Waals surface area contributed by atoms with Crippen molar-refractivity contribution >= 4 is 41.1 Å². The molecule has 1 saturated heterocycles. The van der Waals surface area contributed by atoms with Gasteiger partial charge in [0.1, 0.15) is 12.1 Å². The summed E-state index contributed by atoms with van der Waals surface area (Å²) in [5.41, 5.74) is 0.0219. The van der Waals surface area contributed by atoms with Crippen LogP contribution in [0.1, 0.15) is 33.6 Å². The predicted octanol–water partition coefficient (Wildman–Crippen LogP) is 1.24. The molecule has 0 saturated carbocycles. The smallest absolute Gasteiger partial charge is 0.326 e. The lowest BCUT2D eigenvalue weighted by Gasteiger charge is -2.22. The van der Waals surface area contributed by atoms with E-state index in [0.717, 1.165) is 4.90 Å². The molecule has 1 aliphatic rings. The van der Waals surface area contributed by atoms with Gasteiger partial charge < -0.3 is 20.7 Å². The third-order valence-electron chi connectivity index (χ3n) is 4.59. The lowest BCUT2D eigenvalue weighted by molar-refractivity contribution is -0.150. The van der Waals surface area contributed by atoms with E-state index in [2.05, 4.69) is 16.0 Å². The average molecular weight is 404 g/mol. The zero-order chi connectivity index (χ0) is 21.6. The summed E-state index contributed by atoms with van der Waals surface area (Å²) in [5, 5.41) is 7.74. The monoisotopic (exact) mass is 404 g/mol. The van der Waals surface area contributed by atoms with Crippen LogP contribution in [0.15, 0.2) is 24.3 Å². The van der Waals surface area contributed by atoms with Crippen molar-refractivity contribution in [3.05, 3.63) is 24.3 Å². The molecule has 1 aromatic carbocycles. The molecule has 3 N–H and O–H groups in total. The molecular formula is C19H24N4O6. The van der Waals surface area contributed by atoms with E-state index in [-0.39, 0.29) is 5.91 Å². The van der Waals surface area contributed by atoms with Crippen LogP contribution in [0.4, 0.5) is 16.2 Å².